The van der Waals surface area contributed by atoms with E-state index in [1.54, 1.807) is 0 Å². The zero-order valence-corrected chi connectivity index (χ0v) is 12.2. The number of rotatable bonds is 5. The van der Waals surface area contributed by atoms with Crippen molar-refractivity contribution in [2.24, 2.45) is 0 Å². The van der Waals surface area contributed by atoms with E-state index in [4.69, 9.17) is 5.11 Å². The quantitative estimate of drug-likeness (QED) is 0.648. The number of aromatic nitrogens is 2. The van der Waals surface area contributed by atoms with Crippen LogP contribution in [0.1, 0.15) is 39.4 Å². The molecule has 0 unspecified atom stereocenters. The van der Waals surface area contributed by atoms with Crippen molar-refractivity contribution in [1.82, 2.24) is 9.97 Å². The summed E-state index contributed by atoms with van der Waals surface area (Å²) in [6.45, 7) is 7.31. The summed E-state index contributed by atoms with van der Waals surface area (Å²) in [6.07, 6.45) is 1.74. The Labute approximate surface area is 111 Å². The third kappa shape index (κ3) is 5.00. The Balaban J connectivity index is 2.69. The minimum absolute atomic E-state index is 0.0642. The minimum Gasteiger partial charge on any atom is -0.396 e. The molecule has 0 bridgehead atoms. The van der Waals surface area contributed by atoms with Crippen molar-refractivity contribution in [3.8, 4) is 0 Å². The van der Waals surface area contributed by atoms with E-state index < -0.39 is 0 Å². The van der Waals surface area contributed by atoms with Crippen LogP contribution < -0.4 is 5.32 Å². The lowest BCUT2D eigenvalue weighted by molar-refractivity contribution is 0.286. The number of aliphatic hydroxyl groups is 1. The average Bonchev–Trinajstić information content (AvgIpc) is 2.22. The maximum absolute atomic E-state index is 8.70. The molecule has 0 aliphatic heterocycles. The molecule has 4 nitrogen and oxygen atoms in total. The van der Waals surface area contributed by atoms with Gasteiger partial charge in [0, 0.05) is 24.6 Å². The van der Waals surface area contributed by atoms with Gasteiger partial charge in [-0.3, -0.25) is 0 Å². The third-order valence-corrected chi connectivity index (χ3v) is 2.66. The molecule has 1 heterocycles. The molecule has 0 radical (unpaired) electrons. The third-order valence-electron chi connectivity index (χ3n) is 2.26. The van der Waals surface area contributed by atoms with Gasteiger partial charge in [0.25, 0.3) is 0 Å². The van der Waals surface area contributed by atoms with Crippen LogP contribution in [0.25, 0.3) is 0 Å². The van der Waals surface area contributed by atoms with Crippen LogP contribution in [0.4, 0.5) is 5.82 Å². The molecule has 0 amide bonds. The molecular formula is C12H20BrN3O. The highest BCUT2D eigenvalue weighted by molar-refractivity contribution is 9.10. The molecule has 96 valence electrons. The molecule has 2 N–H and O–H groups in total. The van der Waals surface area contributed by atoms with Crippen LogP contribution in [0, 0.1) is 0 Å². The van der Waals surface area contributed by atoms with Crippen LogP contribution in [0.5, 0.6) is 0 Å². The summed E-state index contributed by atoms with van der Waals surface area (Å²) in [4.78, 5) is 8.86. The van der Waals surface area contributed by atoms with Gasteiger partial charge in [-0.1, -0.05) is 20.8 Å². The van der Waals surface area contributed by atoms with E-state index in [1.165, 1.54) is 0 Å². The van der Waals surface area contributed by atoms with E-state index >= 15 is 0 Å². The Hall–Kier alpha value is -0.680. The molecule has 0 aliphatic carbocycles. The Morgan fingerprint density at radius 2 is 2.00 bits per heavy atom. The predicted molar refractivity (Wildman–Crippen MR) is 73.2 cm³/mol. The van der Waals surface area contributed by atoms with Gasteiger partial charge in [-0.15, -0.1) is 0 Å². The molecule has 0 aromatic carbocycles. The van der Waals surface area contributed by atoms with Gasteiger partial charge in [-0.05, 0) is 28.8 Å². The molecule has 17 heavy (non-hydrogen) atoms. The Morgan fingerprint density at radius 3 is 2.59 bits per heavy atom. The highest BCUT2D eigenvalue weighted by atomic mass is 79.9. The van der Waals surface area contributed by atoms with Crippen molar-refractivity contribution in [3.63, 3.8) is 0 Å². The molecule has 5 heteroatoms. The smallest absolute Gasteiger partial charge is 0.137 e. The van der Waals surface area contributed by atoms with Crippen molar-refractivity contribution < 1.29 is 5.11 Å². The first-order valence-electron chi connectivity index (χ1n) is 5.83. The lowest BCUT2D eigenvalue weighted by Gasteiger charge is -2.17. The van der Waals surface area contributed by atoms with Crippen molar-refractivity contribution in [2.75, 3.05) is 18.5 Å². The van der Waals surface area contributed by atoms with Gasteiger partial charge in [0.05, 0.1) is 0 Å². The zero-order chi connectivity index (χ0) is 12.9. The van der Waals surface area contributed by atoms with Crippen LogP contribution in [0.3, 0.4) is 0 Å². The highest BCUT2D eigenvalue weighted by Crippen LogP contribution is 2.22. The fraction of sp³-hybridized carbons (Fsp3) is 0.667. The van der Waals surface area contributed by atoms with Gasteiger partial charge < -0.3 is 10.4 Å². The van der Waals surface area contributed by atoms with Gasteiger partial charge >= 0.3 is 0 Å². The van der Waals surface area contributed by atoms with Crippen LogP contribution in [0.15, 0.2) is 10.7 Å². The summed E-state index contributed by atoms with van der Waals surface area (Å²) in [7, 11) is 0. The molecule has 0 atom stereocenters. The van der Waals surface area contributed by atoms with Crippen molar-refractivity contribution in [1.29, 1.82) is 0 Å². The maximum atomic E-state index is 8.70. The van der Waals surface area contributed by atoms with E-state index in [0.29, 0.717) is 0 Å². The van der Waals surface area contributed by atoms with Crippen molar-refractivity contribution in [3.05, 3.63) is 16.5 Å². The molecule has 0 aliphatic rings. The summed E-state index contributed by atoms with van der Waals surface area (Å²) >= 11 is 3.40. The van der Waals surface area contributed by atoms with E-state index in [2.05, 4.69) is 52.0 Å². The van der Waals surface area contributed by atoms with Gasteiger partial charge in [0.1, 0.15) is 16.2 Å². The highest BCUT2D eigenvalue weighted by Gasteiger charge is 2.18. The second kappa shape index (κ2) is 6.31. The summed E-state index contributed by atoms with van der Waals surface area (Å²) in [6, 6.07) is 1.87. The normalized spacial score (nSPS) is 11.6. The number of nitrogens with one attached hydrogen (secondary N) is 1. The maximum Gasteiger partial charge on any atom is 0.137 e. The van der Waals surface area contributed by atoms with Gasteiger partial charge in [-0.2, -0.15) is 0 Å². The Bertz CT molecular complexity index is 363. The topological polar surface area (TPSA) is 58.0 Å². The Morgan fingerprint density at radius 1 is 1.29 bits per heavy atom. The number of anilines is 1. The number of halogens is 1. The second-order valence-electron chi connectivity index (χ2n) is 5.01. The predicted octanol–water partition coefficient (Wildman–Crippen LogP) is 2.72. The van der Waals surface area contributed by atoms with Crippen molar-refractivity contribution >= 4 is 21.7 Å². The van der Waals surface area contributed by atoms with E-state index in [-0.39, 0.29) is 12.0 Å². The number of unbranched alkanes of at least 4 members (excludes halogenated alkanes) is 1. The summed E-state index contributed by atoms with van der Waals surface area (Å²) in [5, 5.41) is 11.9. The fourth-order valence-electron chi connectivity index (χ4n) is 1.30. The largest absolute Gasteiger partial charge is 0.396 e. The van der Waals surface area contributed by atoms with Gasteiger partial charge in [-0.25, -0.2) is 9.97 Å². The van der Waals surface area contributed by atoms with Crippen LogP contribution >= 0.6 is 15.9 Å². The van der Waals surface area contributed by atoms with Crippen molar-refractivity contribution in [2.45, 2.75) is 39.0 Å². The monoisotopic (exact) mass is 301 g/mol. The molecule has 1 rings (SSSR count). The lowest BCUT2D eigenvalue weighted by atomic mass is 9.96. The molecule has 1 aromatic heterocycles. The van der Waals surface area contributed by atoms with E-state index in [0.717, 1.165) is 35.6 Å². The molecule has 0 fully saturated rings. The SMILES string of the molecule is CC(C)(C)c1nc(Br)cc(NCCCCO)n1. The van der Waals surface area contributed by atoms with Crippen LogP contribution in [-0.4, -0.2) is 28.2 Å². The summed E-state index contributed by atoms with van der Waals surface area (Å²) in [5.41, 5.74) is -0.0642. The number of aliphatic hydroxyl groups excluding tert-OH is 1. The number of hydrogen-bond acceptors (Lipinski definition) is 4. The Kier molecular flexibility index (Phi) is 5.33. The lowest BCUT2D eigenvalue weighted by Crippen LogP contribution is -2.17. The average molecular weight is 302 g/mol. The van der Waals surface area contributed by atoms with E-state index in [1.807, 2.05) is 6.07 Å². The first kappa shape index (κ1) is 14.4. The molecular weight excluding hydrogens is 282 g/mol. The standard InChI is InChI=1S/C12H20BrN3O/c1-12(2,3)11-15-9(13)8-10(16-11)14-6-4-5-7-17/h8,17H,4-7H2,1-3H3,(H,14,15,16). The molecule has 0 saturated heterocycles. The zero-order valence-electron chi connectivity index (χ0n) is 10.6. The fourth-order valence-corrected chi connectivity index (χ4v) is 1.68. The molecule has 0 spiro atoms. The second-order valence-corrected chi connectivity index (χ2v) is 5.82. The van der Waals surface area contributed by atoms with Crippen LogP contribution in [0.2, 0.25) is 0 Å². The van der Waals surface area contributed by atoms with Crippen LogP contribution in [-0.2, 0) is 5.41 Å². The first-order chi connectivity index (χ1) is 7.93. The summed E-state index contributed by atoms with van der Waals surface area (Å²) < 4.78 is 0.794. The van der Waals surface area contributed by atoms with Gasteiger partial charge in [0.2, 0.25) is 0 Å². The molecule has 0 saturated carbocycles. The van der Waals surface area contributed by atoms with Gasteiger partial charge in [0.15, 0.2) is 0 Å². The first-order valence-corrected chi connectivity index (χ1v) is 6.62. The molecule has 1 aromatic rings. The number of hydrogen-bond donors (Lipinski definition) is 2. The number of nitrogens with zero attached hydrogens (tertiary/aromatic N) is 2. The minimum atomic E-state index is -0.0642. The summed E-state index contributed by atoms with van der Waals surface area (Å²) in [5.74, 6) is 1.64. The van der Waals surface area contributed by atoms with E-state index in [9.17, 15) is 0 Å².